The number of furan rings is 1. The molecule has 0 spiro atoms. The molecule has 2 aromatic heterocycles. The van der Waals surface area contributed by atoms with Crippen LogP contribution in [0.15, 0.2) is 40.0 Å². The van der Waals surface area contributed by atoms with Crippen molar-refractivity contribution in [3.05, 3.63) is 30.6 Å². The third-order valence-electron chi connectivity index (χ3n) is 3.28. The molecule has 1 amide bonds. The lowest BCUT2D eigenvalue weighted by Gasteiger charge is -2.22. The summed E-state index contributed by atoms with van der Waals surface area (Å²) in [6, 6.07) is 7.75. The fraction of sp³-hybridized carbons (Fsp3) is 0.353. The standard InChI is InChI=1S/C17H19N3O2S/c1-10(15(21)20-17(2,3)4)23-16-14-13(18-9-19-16)11-7-5-6-8-12(11)22-14/h5-10H,1-4H3,(H,20,21)/t10-/m0/s1. The molecule has 0 saturated heterocycles. The Labute approximate surface area is 138 Å². The first-order valence-electron chi connectivity index (χ1n) is 7.46. The topological polar surface area (TPSA) is 68.0 Å². The molecule has 6 heteroatoms. The van der Waals surface area contributed by atoms with Crippen molar-refractivity contribution in [3.8, 4) is 0 Å². The van der Waals surface area contributed by atoms with E-state index in [2.05, 4.69) is 15.3 Å². The minimum absolute atomic E-state index is 0.0228. The van der Waals surface area contributed by atoms with E-state index in [-0.39, 0.29) is 16.7 Å². The lowest BCUT2D eigenvalue weighted by molar-refractivity contribution is -0.121. The van der Waals surface area contributed by atoms with E-state index in [4.69, 9.17) is 4.42 Å². The minimum atomic E-state index is -0.277. The van der Waals surface area contributed by atoms with Gasteiger partial charge in [0, 0.05) is 10.9 Å². The highest BCUT2D eigenvalue weighted by Gasteiger charge is 2.22. The highest BCUT2D eigenvalue weighted by atomic mass is 32.2. The molecule has 0 radical (unpaired) electrons. The van der Waals surface area contributed by atoms with Crippen LogP contribution in [0.1, 0.15) is 27.7 Å². The summed E-state index contributed by atoms with van der Waals surface area (Å²) in [5, 5.41) is 4.34. The number of fused-ring (bicyclic) bond motifs is 3. The quantitative estimate of drug-likeness (QED) is 0.585. The number of hydrogen-bond acceptors (Lipinski definition) is 5. The fourth-order valence-electron chi connectivity index (χ4n) is 2.28. The summed E-state index contributed by atoms with van der Waals surface area (Å²) < 4.78 is 5.89. The molecule has 0 aliphatic heterocycles. The molecule has 0 aliphatic rings. The molecule has 0 unspecified atom stereocenters. The maximum absolute atomic E-state index is 12.3. The first-order chi connectivity index (χ1) is 10.8. The van der Waals surface area contributed by atoms with E-state index in [0.29, 0.717) is 10.6 Å². The second-order valence-corrected chi connectivity index (χ2v) is 7.78. The predicted molar refractivity (Wildman–Crippen MR) is 92.5 cm³/mol. The van der Waals surface area contributed by atoms with Crippen LogP contribution < -0.4 is 5.32 Å². The van der Waals surface area contributed by atoms with Crippen LogP contribution in [-0.4, -0.2) is 26.7 Å². The highest BCUT2D eigenvalue weighted by molar-refractivity contribution is 8.00. The lowest BCUT2D eigenvalue weighted by atomic mass is 10.1. The Kier molecular flexibility index (Phi) is 4.02. The number of carbonyl (C=O) groups excluding carboxylic acids is 1. The third-order valence-corrected chi connectivity index (χ3v) is 4.36. The minimum Gasteiger partial charge on any atom is -0.451 e. The van der Waals surface area contributed by atoms with Crippen molar-refractivity contribution < 1.29 is 9.21 Å². The van der Waals surface area contributed by atoms with Crippen LogP contribution >= 0.6 is 11.8 Å². The molecule has 1 N–H and O–H groups in total. The summed E-state index contributed by atoms with van der Waals surface area (Å²) in [5.41, 5.74) is 1.93. The summed E-state index contributed by atoms with van der Waals surface area (Å²) in [5.74, 6) is -0.0228. The number of thioether (sulfide) groups is 1. The molecule has 0 aliphatic carbocycles. The number of nitrogens with zero attached hydrogens (tertiary/aromatic N) is 2. The monoisotopic (exact) mass is 329 g/mol. The molecule has 2 heterocycles. The smallest absolute Gasteiger partial charge is 0.233 e. The Morgan fingerprint density at radius 1 is 1.26 bits per heavy atom. The average Bonchev–Trinajstić information content (AvgIpc) is 2.85. The summed E-state index contributed by atoms with van der Waals surface area (Å²) in [6.07, 6.45) is 1.51. The summed E-state index contributed by atoms with van der Waals surface area (Å²) >= 11 is 1.38. The van der Waals surface area contributed by atoms with Gasteiger partial charge in [0.1, 0.15) is 22.5 Å². The van der Waals surface area contributed by atoms with Crippen molar-refractivity contribution in [1.82, 2.24) is 15.3 Å². The molecule has 1 atom stereocenters. The zero-order chi connectivity index (χ0) is 16.6. The third kappa shape index (κ3) is 3.32. The van der Waals surface area contributed by atoms with Crippen LogP contribution in [0.4, 0.5) is 0 Å². The van der Waals surface area contributed by atoms with Crippen molar-refractivity contribution in [2.45, 2.75) is 43.5 Å². The number of aromatic nitrogens is 2. The van der Waals surface area contributed by atoms with Gasteiger partial charge in [-0.1, -0.05) is 23.9 Å². The van der Waals surface area contributed by atoms with E-state index >= 15 is 0 Å². The Hall–Kier alpha value is -2.08. The Balaban J connectivity index is 1.93. The van der Waals surface area contributed by atoms with E-state index < -0.39 is 0 Å². The Morgan fingerprint density at radius 2 is 2.00 bits per heavy atom. The van der Waals surface area contributed by atoms with Crippen LogP contribution in [0.5, 0.6) is 0 Å². The molecule has 3 aromatic rings. The van der Waals surface area contributed by atoms with Crippen molar-refractivity contribution in [2.24, 2.45) is 0 Å². The van der Waals surface area contributed by atoms with Gasteiger partial charge < -0.3 is 9.73 Å². The summed E-state index contributed by atoms with van der Waals surface area (Å²) in [6.45, 7) is 7.75. The van der Waals surface area contributed by atoms with Gasteiger partial charge in [0.05, 0.1) is 5.25 Å². The molecule has 23 heavy (non-hydrogen) atoms. The summed E-state index contributed by atoms with van der Waals surface area (Å²) in [7, 11) is 0. The molecule has 0 saturated carbocycles. The Bertz CT molecular complexity index is 867. The van der Waals surface area contributed by atoms with Gasteiger partial charge in [0.25, 0.3) is 0 Å². The molecule has 120 valence electrons. The van der Waals surface area contributed by atoms with Gasteiger partial charge in [-0.2, -0.15) is 0 Å². The molecule has 1 aromatic carbocycles. The number of benzene rings is 1. The molecule has 5 nitrogen and oxygen atoms in total. The first kappa shape index (κ1) is 15.8. The SMILES string of the molecule is C[C@H](Sc1ncnc2c1oc1ccccc12)C(=O)NC(C)(C)C. The van der Waals surface area contributed by atoms with Gasteiger partial charge in [0.2, 0.25) is 5.91 Å². The van der Waals surface area contributed by atoms with Gasteiger partial charge in [-0.05, 0) is 39.8 Å². The largest absolute Gasteiger partial charge is 0.451 e. The fourth-order valence-corrected chi connectivity index (χ4v) is 3.13. The lowest BCUT2D eigenvalue weighted by Crippen LogP contribution is -2.44. The molecular weight excluding hydrogens is 310 g/mol. The van der Waals surface area contributed by atoms with Crippen molar-refractivity contribution in [2.75, 3.05) is 0 Å². The van der Waals surface area contributed by atoms with E-state index in [9.17, 15) is 4.79 Å². The van der Waals surface area contributed by atoms with Crippen LogP contribution in [0.2, 0.25) is 0 Å². The number of amides is 1. The maximum atomic E-state index is 12.3. The number of carbonyl (C=O) groups is 1. The van der Waals surface area contributed by atoms with Crippen LogP contribution in [0.3, 0.4) is 0 Å². The van der Waals surface area contributed by atoms with Crippen LogP contribution in [0.25, 0.3) is 22.1 Å². The van der Waals surface area contributed by atoms with Crippen molar-refractivity contribution >= 4 is 39.7 Å². The summed E-state index contributed by atoms with van der Waals surface area (Å²) in [4.78, 5) is 20.9. The van der Waals surface area contributed by atoms with E-state index in [1.54, 1.807) is 0 Å². The van der Waals surface area contributed by atoms with Gasteiger partial charge in [-0.15, -0.1) is 0 Å². The van der Waals surface area contributed by atoms with Crippen molar-refractivity contribution in [3.63, 3.8) is 0 Å². The Morgan fingerprint density at radius 3 is 2.74 bits per heavy atom. The van der Waals surface area contributed by atoms with Gasteiger partial charge in [0.15, 0.2) is 5.58 Å². The maximum Gasteiger partial charge on any atom is 0.233 e. The predicted octanol–water partition coefficient (Wildman–Crippen LogP) is 3.77. The number of rotatable bonds is 3. The van der Waals surface area contributed by atoms with Gasteiger partial charge in [-0.3, -0.25) is 4.79 Å². The van der Waals surface area contributed by atoms with E-state index in [1.807, 2.05) is 52.0 Å². The zero-order valence-corrected chi connectivity index (χ0v) is 14.4. The first-order valence-corrected chi connectivity index (χ1v) is 8.34. The highest BCUT2D eigenvalue weighted by Crippen LogP contribution is 2.34. The average molecular weight is 329 g/mol. The molecule has 0 bridgehead atoms. The van der Waals surface area contributed by atoms with Crippen molar-refractivity contribution in [1.29, 1.82) is 0 Å². The number of para-hydroxylation sites is 1. The number of hydrogen-bond donors (Lipinski definition) is 1. The van der Waals surface area contributed by atoms with Crippen LogP contribution in [0, 0.1) is 0 Å². The molecular formula is C17H19N3O2S. The van der Waals surface area contributed by atoms with Crippen LogP contribution in [-0.2, 0) is 4.79 Å². The second kappa shape index (κ2) is 5.85. The van der Waals surface area contributed by atoms with E-state index in [0.717, 1.165) is 16.5 Å². The second-order valence-electron chi connectivity index (χ2n) is 6.45. The number of nitrogens with one attached hydrogen (secondary N) is 1. The van der Waals surface area contributed by atoms with E-state index in [1.165, 1.54) is 18.1 Å². The van der Waals surface area contributed by atoms with Gasteiger partial charge in [-0.25, -0.2) is 9.97 Å². The normalized spacial score (nSPS) is 13.4. The zero-order valence-electron chi connectivity index (χ0n) is 13.6. The molecule has 0 fully saturated rings. The van der Waals surface area contributed by atoms with Gasteiger partial charge >= 0.3 is 0 Å². The molecule has 3 rings (SSSR count).